The Morgan fingerprint density at radius 1 is 1.03 bits per heavy atom. The molecule has 30 heavy (non-hydrogen) atoms. The Morgan fingerprint density at radius 2 is 1.73 bits per heavy atom. The summed E-state index contributed by atoms with van der Waals surface area (Å²) in [6.07, 6.45) is 5.16. The molecule has 2 fully saturated rings. The lowest BCUT2D eigenvalue weighted by Gasteiger charge is -2.34. The summed E-state index contributed by atoms with van der Waals surface area (Å²) >= 11 is 0. The van der Waals surface area contributed by atoms with E-state index in [0.29, 0.717) is 18.0 Å². The Hall–Kier alpha value is -2.82. The molecular formula is C25H30N2O3. The molecule has 0 spiro atoms. The summed E-state index contributed by atoms with van der Waals surface area (Å²) in [6, 6.07) is 16.9. The van der Waals surface area contributed by atoms with Gasteiger partial charge in [-0.15, -0.1) is 0 Å². The van der Waals surface area contributed by atoms with Crippen molar-refractivity contribution in [2.45, 2.75) is 50.7 Å². The van der Waals surface area contributed by atoms with Crippen LogP contribution in [0.3, 0.4) is 0 Å². The Bertz CT molecular complexity index is 898. The first-order valence-electron chi connectivity index (χ1n) is 10.8. The average molecular weight is 407 g/mol. The Balaban J connectivity index is 1.58. The standard InChI is InChI=1S/C25H30N2O3/c1-26(17-20-13-7-9-15-23(20)30-2)25(29)22-16-19-12-6-8-14-21(19)27(22)24(28)18-10-4-3-5-11-18/h3-5,7,9-11,13,15,19,21-22H,6,8,12,14,16-17H2,1-2H3. The smallest absolute Gasteiger partial charge is 0.254 e. The van der Waals surface area contributed by atoms with Gasteiger partial charge in [0.25, 0.3) is 5.91 Å². The highest BCUT2D eigenvalue weighted by atomic mass is 16.5. The molecule has 1 aliphatic carbocycles. The van der Waals surface area contributed by atoms with Crippen molar-refractivity contribution >= 4 is 11.8 Å². The third-order valence-electron chi connectivity index (χ3n) is 6.60. The van der Waals surface area contributed by atoms with Crippen molar-refractivity contribution in [2.75, 3.05) is 14.2 Å². The van der Waals surface area contributed by atoms with E-state index in [1.54, 1.807) is 12.0 Å². The van der Waals surface area contributed by atoms with Crippen LogP contribution in [0.15, 0.2) is 54.6 Å². The number of ether oxygens (including phenoxy) is 1. The van der Waals surface area contributed by atoms with E-state index in [0.717, 1.165) is 37.0 Å². The molecule has 3 unspecified atom stereocenters. The molecule has 5 heteroatoms. The van der Waals surface area contributed by atoms with Crippen LogP contribution in [0.1, 0.15) is 48.0 Å². The SMILES string of the molecule is COc1ccccc1CN(C)C(=O)C1CC2CCCCC2N1C(=O)c1ccccc1. The number of hydrogen-bond acceptors (Lipinski definition) is 3. The molecular weight excluding hydrogens is 376 g/mol. The fourth-order valence-corrected chi connectivity index (χ4v) is 5.12. The highest BCUT2D eigenvalue weighted by molar-refractivity contribution is 5.98. The maximum absolute atomic E-state index is 13.5. The zero-order valence-corrected chi connectivity index (χ0v) is 17.8. The fourth-order valence-electron chi connectivity index (χ4n) is 5.12. The molecule has 2 aromatic rings. The third-order valence-corrected chi connectivity index (χ3v) is 6.60. The van der Waals surface area contributed by atoms with Gasteiger partial charge in [0.15, 0.2) is 0 Å². The molecule has 1 saturated carbocycles. The first kappa shape index (κ1) is 20.5. The van der Waals surface area contributed by atoms with E-state index in [1.807, 2.05) is 66.5 Å². The maximum atomic E-state index is 13.5. The molecule has 1 saturated heterocycles. The van der Waals surface area contributed by atoms with Crippen molar-refractivity contribution in [2.24, 2.45) is 5.92 Å². The van der Waals surface area contributed by atoms with Crippen molar-refractivity contribution in [1.29, 1.82) is 0 Å². The molecule has 2 amide bonds. The van der Waals surface area contributed by atoms with Crippen molar-refractivity contribution in [3.8, 4) is 5.75 Å². The minimum Gasteiger partial charge on any atom is -0.496 e. The third kappa shape index (κ3) is 3.93. The maximum Gasteiger partial charge on any atom is 0.254 e. The number of hydrogen-bond donors (Lipinski definition) is 0. The number of rotatable bonds is 5. The Labute approximate surface area is 178 Å². The van der Waals surface area contributed by atoms with Gasteiger partial charge in [-0.25, -0.2) is 0 Å². The number of para-hydroxylation sites is 1. The molecule has 158 valence electrons. The predicted molar refractivity (Wildman–Crippen MR) is 116 cm³/mol. The summed E-state index contributed by atoms with van der Waals surface area (Å²) in [5, 5.41) is 0. The number of fused-ring (bicyclic) bond motifs is 1. The lowest BCUT2D eigenvalue weighted by Crippen LogP contribution is -2.49. The summed E-state index contributed by atoms with van der Waals surface area (Å²) in [5.74, 6) is 1.18. The number of likely N-dealkylation sites (tertiary alicyclic amines) is 1. The van der Waals surface area contributed by atoms with Gasteiger partial charge in [0.2, 0.25) is 5.91 Å². The van der Waals surface area contributed by atoms with Gasteiger partial charge in [-0.1, -0.05) is 49.2 Å². The lowest BCUT2D eigenvalue weighted by molar-refractivity contribution is -0.134. The summed E-state index contributed by atoms with van der Waals surface area (Å²) in [5.41, 5.74) is 1.63. The topological polar surface area (TPSA) is 49.9 Å². The van der Waals surface area contributed by atoms with Crippen LogP contribution in [-0.4, -0.2) is 47.9 Å². The normalized spacial score (nSPS) is 23.0. The molecule has 0 aromatic heterocycles. The molecule has 3 atom stereocenters. The highest BCUT2D eigenvalue weighted by Crippen LogP contribution is 2.41. The van der Waals surface area contributed by atoms with E-state index in [4.69, 9.17) is 4.74 Å². The molecule has 2 aromatic carbocycles. The van der Waals surface area contributed by atoms with E-state index in [-0.39, 0.29) is 17.9 Å². The highest BCUT2D eigenvalue weighted by Gasteiger charge is 2.48. The minimum atomic E-state index is -0.398. The zero-order valence-electron chi connectivity index (χ0n) is 17.8. The molecule has 5 nitrogen and oxygen atoms in total. The molecule has 1 aliphatic heterocycles. The van der Waals surface area contributed by atoms with Gasteiger partial charge in [0, 0.05) is 30.8 Å². The number of amides is 2. The van der Waals surface area contributed by atoms with Gasteiger partial charge in [0.1, 0.15) is 11.8 Å². The van der Waals surface area contributed by atoms with Crippen LogP contribution in [0.2, 0.25) is 0 Å². The van der Waals surface area contributed by atoms with E-state index in [1.165, 1.54) is 6.42 Å². The quantitative estimate of drug-likeness (QED) is 0.750. The van der Waals surface area contributed by atoms with Crippen LogP contribution < -0.4 is 4.74 Å². The molecule has 0 radical (unpaired) electrons. The van der Waals surface area contributed by atoms with Gasteiger partial charge in [0.05, 0.1) is 7.11 Å². The number of nitrogens with zero attached hydrogens (tertiary/aromatic N) is 2. The second kappa shape index (κ2) is 8.90. The van der Waals surface area contributed by atoms with Gasteiger partial charge in [-0.2, -0.15) is 0 Å². The number of carbonyl (C=O) groups excluding carboxylic acids is 2. The van der Waals surface area contributed by atoms with Crippen molar-refractivity contribution in [3.05, 3.63) is 65.7 Å². The van der Waals surface area contributed by atoms with Crippen molar-refractivity contribution in [1.82, 2.24) is 9.80 Å². The molecule has 2 aliphatic rings. The first-order chi connectivity index (χ1) is 14.6. The summed E-state index contributed by atoms with van der Waals surface area (Å²) in [6.45, 7) is 0.460. The lowest BCUT2D eigenvalue weighted by atomic mass is 9.84. The summed E-state index contributed by atoms with van der Waals surface area (Å²) < 4.78 is 5.44. The van der Waals surface area contributed by atoms with Gasteiger partial charge < -0.3 is 14.5 Å². The second-order valence-electron chi connectivity index (χ2n) is 8.45. The largest absolute Gasteiger partial charge is 0.496 e. The molecule has 4 rings (SSSR count). The van der Waals surface area contributed by atoms with E-state index in [9.17, 15) is 9.59 Å². The fraction of sp³-hybridized carbons (Fsp3) is 0.440. The Kier molecular flexibility index (Phi) is 6.07. The monoisotopic (exact) mass is 406 g/mol. The zero-order chi connectivity index (χ0) is 21.1. The predicted octanol–water partition coefficient (Wildman–Crippen LogP) is 4.13. The van der Waals surface area contributed by atoms with Crippen LogP contribution >= 0.6 is 0 Å². The van der Waals surface area contributed by atoms with Crippen molar-refractivity contribution < 1.29 is 14.3 Å². The molecule has 0 bridgehead atoms. The minimum absolute atomic E-state index is 0.0135. The van der Waals surface area contributed by atoms with E-state index < -0.39 is 6.04 Å². The van der Waals surface area contributed by atoms with Gasteiger partial charge in [-0.05, 0) is 43.4 Å². The Morgan fingerprint density at radius 3 is 2.50 bits per heavy atom. The van der Waals surface area contributed by atoms with Gasteiger partial charge in [-0.3, -0.25) is 9.59 Å². The summed E-state index contributed by atoms with van der Waals surface area (Å²) in [4.78, 5) is 30.6. The average Bonchev–Trinajstić information content (AvgIpc) is 3.18. The number of benzene rings is 2. The second-order valence-corrected chi connectivity index (χ2v) is 8.45. The van der Waals surface area contributed by atoms with Gasteiger partial charge >= 0.3 is 0 Å². The first-order valence-corrected chi connectivity index (χ1v) is 10.8. The van der Waals surface area contributed by atoms with E-state index in [2.05, 4.69) is 0 Å². The number of likely N-dealkylation sites (N-methyl/N-ethyl adjacent to an activating group) is 1. The molecule has 0 N–H and O–H groups in total. The van der Waals surface area contributed by atoms with Crippen LogP contribution in [0.5, 0.6) is 5.75 Å². The number of carbonyl (C=O) groups is 2. The van der Waals surface area contributed by atoms with Crippen LogP contribution in [-0.2, 0) is 11.3 Å². The van der Waals surface area contributed by atoms with Crippen LogP contribution in [0.25, 0.3) is 0 Å². The van der Waals surface area contributed by atoms with Crippen molar-refractivity contribution in [3.63, 3.8) is 0 Å². The summed E-state index contributed by atoms with van der Waals surface area (Å²) in [7, 11) is 3.46. The molecule has 1 heterocycles. The van der Waals surface area contributed by atoms with Crippen LogP contribution in [0, 0.1) is 5.92 Å². The number of methoxy groups -OCH3 is 1. The van der Waals surface area contributed by atoms with Crippen LogP contribution in [0.4, 0.5) is 0 Å². The van der Waals surface area contributed by atoms with E-state index >= 15 is 0 Å².